The number of nitrogens with zero attached hydrogens (tertiary/aromatic N) is 2. The Morgan fingerprint density at radius 1 is 1.30 bits per heavy atom. The molecule has 7 nitrogen and oxygen atoms in total. The Bertz CT molecular complexity index is 1010. The lowest BCUT2D eigenvalue weighted by molar-refractivity contribution is -0.0305. The molecule has 4 rings (SSSR count). The first-order chi connectivity index (χ1) is 14.3. The van der Waals surface area contributed by atoms with Crippen LogP contribution in [0.25, 0.3) is 0 Å². The Labute approximate surface area is 174 Å². The first kappa shape index (κ1) is 20.4. The molecule has 30 heavy (non-hydrogen) atoms. The third-order valence-corrected chi connectivity index (χ3v) is 5.33. The number of nitrogens with one attached hydrogen (secondary N) is 1. The molecule has 11 heteroatoms. The topological polar surface area (TPSA) is 98.8 Å². The van der Waals surface area contributed by atoms with Crippen LogP contribution in [0.1, 0.15) is 16.1 Å². The summed E-state index contributed by atoms with van der Waals surface area (Å²) in [5.41, 5.74) is 3.04. The van der Waals surface area contributed by atoms with Crippen LogP contribution >= 0.6 is 11.6 Å². The molecule has 3 N–H and O–H groups in total. The maximum absolute atomic E-state index is 14.8. The highest BCUT2D eigenvalue weighted by Gasteiger charge is 2.58. The summed E-state index contributed by atoms with van der Waals surface area (Å²) in [4.78, 5) is 20.1. The highest BCUT2D eigenvalue weighted by Crippen LogP contribution is 2.48. The van der Waals surface area contributed by atoms with Crippen LogP contribution in [0.4, 0.5) is 18.9 Å². The van der Waals surface area contributed by atoms with E-state index in [1.165, 1.54) is 24.4 Å². The van der Waals surface area contributed by atoms with Gasteiger partial charge in [-0.3, -0.25) is 4.79 Å². The van der Waals surface area contributed by atoms with E-state index in [0.29, 0.717) is 5.02 Å². The van der Waals surface area contributed by atoms with Gasteiger partial charge in [-0.1, -0.05) is 11.6 Å². The number of ether oxygens (including phenoxy) is 2. The van der Waals surface area contributed by atoms with E-state index in [-0.39, 0.29) is 24.6 Å². The molecule has 3 atom stereocenters. The molecule has 2 aliphatic heterocycles. The van der Waals surface area contributed by atoms with E-state index in [9.17, 15) is 18.0 Å². The van der Waals surface area contributed by atoms with Crippen LogP contribution in [0.3, 0.4) is 0 Å². The van der Waals surface area contributed by atoms with E-state index in [1.54, 1.807) is 0 Å². The normalized spacial score (nSPS) is 25.4. The van der Waals surface area contributed by atoms with E-state index in [1.807, 2.05) is 0 Å². The summed E-state index contributed by atoms with van der Waals surface area (Å²) < 4.78 is 54.2. The first-order valence-electron chi connectivity index (χ1n) is 8.92. The number of fused-ring (bicyclic) bond motifs is 1. The highest BCUT2D eigenvalue weighted by atomic mass is 35.5. The monoisotopic (exact) mass is 440 g/mol. The van der Waals surface area contributed by atoms with Crippen molar-refractivity contribution in [2.75, 3.05) is 18.5 Å². The molecule has 3 heterocycles. The second-order valence-corrected chi connectivity index (χ2v) is 7.32. The van der Waals surface area contributed by atoms with Crippen molar-refractivity contribution in [3.05, 3.63) is 58.6 Å². The second-order valence-electron chi connectivity index (χ2n) is 6.89. The molecule has 1 aromatic carbocycles. The number of amidine groups is 1. The summed E-state index contributed by atoms with van der Waals surface area (Å²) in [6, 6.07) is 5.75. The molecule has 158 valence electrons. The maximum Gasteiger partial charge on any atom is 0.283 e. The predicted octanol–water partition coefficient (Wildman–Crippen LogP) is 2.95. The number of alkyl halides is 2. The van der Waals surface area contributed by atoms with Crippen molar-refractivity contribution in [3.63, 3.8) is 0 Å². The highest BCUT2D eigenvalue weighted by molar-refractivity contribution is 6.30. The molecule has 0 bridgehead atoms. The van der Waals surface area contributed by atoms with Crippen molar-refractivity contribution >= 4 is 29.2 Å². The van der Waals surface area contributed by atoms with Crippen molar-refractivity contribution in [2.24, 2.45) is 16.6 Å². The summed E-state index contributed by atoms with van der Waals surface area (Å²) >= 11 is 5.75. The van der Waals surface area contributed by atoms with Crippen LogP contribution in [-0.2, 0) is 15.0 Å². The average Bonchev–Trinajstić information content (AvgIpc) is 3.17. The largest absolute Gasteiger partial charge is 0.459 e. The smallest absolute Gasteiger partial charge is 0.283 e. The molecule has 0 unspecified atom stereocenters. The van der Waals surface area contributed by atoms with Gasteiger partial charge in [0.1, 0.15) is 17.6 Å². The van der Waals surface area contributed by atoms with Gasteiger partial charge < -0.3 is 20.5 Å². The number of halogens is 4. The van der Waals surface area contributed by atoms with Crippen LogP contribution < -0.4 is 11.1 Å². The molecule has 1 amide bonds. The number of pyridine rings is 1. The van der Waals surface area contributed by atoms with Gasteiger partial charge in [-0.25, -0.2) is 23.1 Å². The Hall–Kier alpha value is -2.85. The lowest BCUT2D eigenvalue weighted by atomic mass is 9.76. The summed E-state index contributed by atoms with van der Waals surface area (Å²) in [6.45, 7) is -0.0633. The van der Waals surface area contributed by atoms with Crippen LogP contribution in [0.15, 0.2) is 41.5 Å². The minimum Gasteiger partial charge on any atom is -0.459 e. The van der Waals surface area contributed by atoms with E-state index in [4.69, 9.17) is 26.8 Å². The molecule has 2 aliphatic rings. The number of hydrogen-bond acceptors (Lipinski definition) is 6. The van der Waals surface area contributed by atoms with Crippen molar-refractivity contribution < 1.29 is 27.4 Å². The molecule has 1 fully saturated rings. The number of benzene rings is 1. The Balaban J connectivity index is 1.73. The van der Waals surface area contributed by atoms with Gasteiger partial charge >= 0.3 is 0 Å². The third-order valence-electron chi connectivity index (χ3n) is 5.11. The number of carbonyl (C=O) groups excluding carboxylic acids is 1. The molecule has 0 aliphatic carbocycles. The number of rotatable bonds is 4. The summed E-state index contributed by atoms with van der Waals surface area (Å²) in [6.07, 6.45) is -2.60. The maximum atomic E-state index is 14.8. The molecular weight excluding hydrogens is 425 g/mol. The number of amides is 1. The first-order valence-corrected chi connectivity index (χ1v) is 9.30. The van der Waals surface area contributed by atoms with Gasteiger partial charge in [-0.15, -0.1) is 0 Å². The van der Waals surface area contributed by atoms with Crippen LogP contribution in [0.5, 0.6) is 0 Å². The van der Waals surface area contributed by atoms with E-state index < -0.39 is 47.3 Å². The number of carbonyl (C=O) groups is 1. The second kappa shape index (κ2) is 7.77. The fourth-order valence-electron chi connectivity index (χ4n) is 3.71. The number of nitrogens with two attached hydrogens (primary N) is 1. The number of anilines is 1. The number of aliphatic imine (C=N–C) groups is 1. The molecule has 1 saturated heterocycles. The minimum atomic E-state index is -3.10. The Morgan fingerprint density at radius 2 is 2.10 bits per heavy atom. The van der Waals surface area contributed by atoms with Crippen molar-refractivity contribution in [3.8, 4) is 0 Å². The Morgan fingerprint density at radius 3 is 2.80 bits per heavy atom. The van der Waals surface area contributed by atoms with Crippen LogP contribution in [0, 0.1) is 11.7 Å². The zero-order chi connectivity index (χ0) is 21.5. The van der Waals surface area contributed by atoms with Gasteiger partial charge in [-0.2, -0.15) is 0 Å². The van der Waals surface area contributed by atoms with Crippen molar-refractivity contribution in [1.82, 2.24) is 4.98 Å². The van der Waals surface area contributed by atoms with E-state index >= 15 is 0 Å². The number of hydrogen-bond donors (Lipinski definition) is 2. The van der Waals surface area contributed by atoms with Crippen molar-refractivity contribution in [1.29, 1.82) is 0 Å². The van der Waals surface area contributed by atoms with Gasteiger partial charge in [0.25, 0.3) is 18.4 Å². The number of aromatic nitrogens is 1. The molecule has 0 saturated carbocycles. The zero-order valence-corrected chi connectivity index (χ0v) is 16.1. The van der Waals surface area contributed by atoms with Gasteiger partial charge in [-0.05, 0) is 30.3 Å². The van der Waals surface area contributed by atoms with Gasteiger partial charge in [0.05, 0.1) is 24.2 Å². The lowest BCUT2D eigenvalue weighted by Crippen LogP contribution is -2.52. The zero-order valence-electron chi connectivity index (χ0n) is 15.3. The van der Waals surface area contributed by atoms with E-state index in [0.717, 1.165) is 12.1 Å². The van der Waals surface area contributed by atoms with Gasteiger partial charge in [0.2, 0.25) is 0 Å². The van der Waals surface area contributed by atoms with Crippen molar-refractivity contribution in [2.45, 2.75) is 18.1 Å². The molecule has 0 spiro atoms. The standard InChI is InChI=1S/C19H16ClF3N4O3/c20-9-1-4-14(25-6-9)16(28)26-10-2-3-13(21)11(5-10)19(17(22)23)12-7-29-8-15(12)30-18(24)27-19/h1-6,12,15,17H,7-8H2,(H2,24,27)(H,26,28)/t12-,15+,19+/m0/s1. The molecule has 1 aromatic heterocycles. The van der Waals surface area contributed by atoms with Crippen LogP contribution in [0.2, 0.25) is 5.02 Å². The quantitative estimate of drug-likeness (QED) is 0.761. The molecule has 2 aromatic rings. The SMILES string of the molecule is NC1=N[C@@](c2cc(NC(=O)c3ccc(Cl)cn3)ccc2F)(C(F)F)[C@H]2COC[C@H]2O1. The summed E-state index contributed by atoms with van der Waals surface area (Å²) in [5, 5.41) is 2.86. The third kappa shape index (κ3) is 3.46. The van der Waals surface area contributed by atoms with Gasteiger partial charge in [0, 0.05) is 17.4 Å². The summed E-state index contributed by atoms with van der Waals surface area (Å²) in [5.74, 6) is -2.49. The minimum absolute atomic E-state index is 0.0373. The average molecular weight is 441 g/mol. The molecular formula is C19H16ClF3N4O3. The summed E-state index contributed by atoms with van der Waals surface area (Å²) in [7, 11) is 0. The lowest BCUT2D eigenvalue weighted by Gasteiger charge is -2.40. The fourth-order valence-corrected chi connectivity index (χ4v) is 3.82. The van der Waals surface area contributed by atoms with Crippen LogP contribution in [-0.4, -0.2) is 42.7 Å². The van der Waals surface area contributed by atoms with Gasteiger partial charge in [0.15, 0.2) is 5.54 Å². The van der Waals surface area contributed by atoms with E-state index in [2.05, 4.69) is 15.3 Å². The molecule has 0 radical (unpaired) electrons. The predicted molar refractivity (Wildman–Crippen MR) is 102 cm³/mol. The Kier molecular flexibility index (Phi) is 5.29. The fraction of sp³-hybridized carbons (Fsp3) is 0.316.